The first-order chi connectivity index (χ1) is 15.4. The van der Waals surface area contributed by atoms with Crippen molar-refractivity contribution in [2.24, 2.45) is 0 Å². The van der Waals surface area contributed by atoms with E-state index in [4.69, 9.17) is 4.43 Å². The van der Waals surface area contributed by atoms with Gasteiger partial charge < -0.3 is 4.43 Å². The molecular formula is C28H42Br2OSi. The minimum absolute atomic E-state index is 0.0688. The average molecular weight is 583 g/mol. The molecule has 2 rings (SSSR count). The molecule has 2 aromatic carbocycles. The van der Waals surface area contributed by atoms with Crippen LogP contribution < -0.4 is 10.4 Å². The summed E-state index contributed by atoms with van der Waals surface area (Å²) in [6.07, 6.45) is 13.2. The first-order valence-electron chi connectivity index (χ1n) is 12.4. The smallest absolute Gasteiger partial charge is 0.261 e. The Morgan fingerprint density at radius 3 is 1.47 bits per heavy atom. The quantitative estimate of drug-likeness (QED) is 0.116. The van der Waals surface area contributed by atoms with Crippen molar-refractivity contribution >= 4 is 50.6 Å². The van der Waals surface area contributed by atoms with Crippen LogP contribution in [0, 0.1) is 0 Å². The summed E-state index contributed by atoms with van der Waals surface area (Å²) in [5.74, 6) is 0. The number of halogens is 2. The molecule has 0 spiro atoms. The first-order valence-corrected chi connectivity index (χ1v) is 16.1. The second-order valence-corrected chi connectivity index (χ2v) is 17.6. The third-order valence-electron chi connectivity index (χ3n) is 6.30. The van der Waals surface area contributed by atoms with Crippen LogP contribution in [0.3, 0.4) is 0 Å². The van der Waals surface area contributed by atoms with Gasteiger partial charge in [-0.15, -0.1) is 0 Å². The number of hydrogen-bond acceptors (Lipinski definition) is 1. The van der Waals surface area contributed by atoms with Crippen molar-refractivity contribution in [2.45, 2.75) is 93.8 Å². The lowest BCUT2D eigenvalue weighted by molar-refractivity contribution is 0.286. The zero-order valence-electron chi connectivity index (χ0n) is 20.3. The van der Waals surface area contributed by atoms with Crippen molar-refractivity contribution in [3.63, 3.8) is 0 Å². The molecule has 4 heteroatoms. The zero-order chi connectivity index (χ0) is 23.3. The van der Waals surface area contributed by atoms with E-state index in [1.54, 1.807) is 0 Å². The molecule has 32 heavy (non-hydrogen) atoms. The van der Waals surface area contributed by atoms with Crippen LogP contribution in [0.1, 0.15) is 85.0 Å². The molecule has 0 aliphatic heterocycles. The van der Waals surface area contributed by atoms with Crippen molar-refractivity contribution in [3.05, 3.63) is 60.7 Å². The summed E-state index contributed by atoms with van der Waals surface area (Å²) in [5, 5.41) is 2.83. The third-order valence-corrected chi connectivity index (χ3v) is 12.3. The summed E-state index contributed by atoms with van der Waals surface area (Å²) in [6.45, 7) is 7.92. The molecule has 0 N–H and O–H groups in total. The van der Waals surface area contributed by atoms with Gasteiger partial charge in [0.15, 0.2) is 0 Å². The van der Waals surface area contributed by atoms with E-state index >= 15 is 0 Å². The van der Waals surface area contributed by atoms with Crippen LogP contribution in [0.4, 0.5) is 0 Å². The molecule has 1 nitrogen and oxygen atoms in total. The van der Waals surface area contributed by atoms with E-state index in [0.29, 0.717) is 3.74 Å². The van der Waals surface area contributed by atoms with E-state index in [2.05, 4.69) is 113 Å². The summed E-state index contributed by atoms with van der Waals surface area (Å²) in [4.78, 5) is 0. The first kappa shape index (κ1) is 27.8. The van der Waals surface area contributed by atoms with Gasteiger partial charge in [0.05, 0.1) is 3.74 Å². The zero-order valence-corrected chi connectivity index (χ0v) is 24.5. The highest BCUT2D eigenvalue weighted by atomic mass is 79.9. The van der Waals surface area contributed by atoms with Crippen molar-refractivity contribution in [1.29, 1.82) is 0 Å². The largest absolute Gasteiger partial charge is 0.407 e. The maximum Gasteiger partial charge on any atom is 0.261 e. The van der Waals surface area contributed by atoms with Gasteiger partial charge >= 0.3 is 0 Å². The van der Waals surface area contributed by atoms with Gasteiger partial charge in [0.25, 0.3) is 8.32 Å². The van der Waals surface area contributed by atoms with Crippen LogP contribution in [-0.2, 0) is 4.43 Å². The number of alkyl halides is 2. The maximum absolute atomic E-state index is 6.99. The van der Waals surface area contributed by atoms with Crippen LogP contribution in [-0.4, -0.2) is 18.7 Å². The van der Waals surface area contributed by atoms with Gasteiger partial charge in [0, 0.05) is 6.61 Å². The molecule has 0 saturated carbocycles. The second kappa shape index (κ2) is 14.8. The summed E-state index contributed by atoms with van der Waals surface area (Å²) in [5.41, 5.74) is 0. The summed E-state index contributed by atoms with van der Waals surface area (Å²) in [7, 11) is -2.36. The predicted octanol–water partition coefficient (Wildman–Crippen LogP) is 8.58. The molecule has 0 radical (unpaired) electrons. The fraction of sp³-hybridized carbons (Fsp3) is 0.571. The van der Waals surface area contributed by atoms with Crippen molar-refractivity contribution < 1.29 is 4.43 Å². The molecule has 0 heterocycles. The molecule has 0 fully saturated rings. The highest BCUT2D eigenvalue weighted by Crippen LogP contribution is 2.36. The van der Waals surface area contributed by atoms with Crippen LogP contribution in [0.25, 0.3) is 0 Å². The molecule has 0 bridgehead atoms. The van der Waals surface area contributed by atoms with E-state index in [0.717, 1.165) is 13.0 Å². The Labute approximate surface area is 215 Å². The molecule has 0 atom stereocenters. The Kier molecular flexibility index (Phi) is 12.8. The van der Waals surface area contributed by atoms with Crippen LogP contribution >= 0.6 is 31.9 Å². The third kappa shape index (κ3) is 8.74. The molecule has 0 aliphatic carbocycles. The minimum Gasteiger partial charge on any atom is -0.407 e. The van der Waals surface area contributed by atoms with Gasteiger partial charge in [-0.1, -0.05) is 165 Å². The van der Waals surface area contributed by atoms with Gasteiger partial charge in [0.2, 0.25) is 0 Å². The van der Waals surface area contributed by atoms with Crippen molar-refractivity contribution in [3.8, 4) is 0 Å². The molecule has 0 saturated heterocycles. The van der Waals surface area contributed by atoms with Crippen LogP contribution in [0.5, 0.6) is 0 Å². The highest BCUT2D eigenvalue weighted by Gasteiger charge is 2.49. The number of benzene rings is 2. The van der Waals surface area contributed by atoms with Gasteiger partial charge in [0.1, 0.15) is 0 Å². The van der Waals surface area contributed by atoms with Crippen molar-refractivity contribution in [1.82, 2.24) is 0 Å². The summed E-state index contributed by atoms with van der Waals surface area (Å²) >= 11 is 7.11. The average Bonchev–Trinajstić information content (AvgIpc) is 2.77. The maximum atomic E-state index is 6.99. The summed E-state index contributed by atoms with van der Waals surface area (Å²) in [6, 6.07) is 22.0. The van der Waals surface area contributed by atoms with Gasteiger partial charge in [-0.3, -0.25) is 0 Å². The SMILES string of the molecule is CC(C)(C)[Si](OCCCCCCCCCCCC(Br)Br)(c1ccccc1)c1ccccc1. The molecule has 0 unspecified atom stereocenters. The topological polar surface area (TPSA) is 9.23 Å². The molecule has 178 valence electrons. The Morgan fingerprint density at radius 1 is 0.656 bits per heavy atom. The van der Waals surface area contributed by atoms with E-state index in [1.807, 2.05) is 0 Å². The van der Waals surface area contributed by atoms with Gasteiger partial charge in [-0.05, 0) is 28.3 Å². The summed E-state index contributed by atoms with van der Waals surface area (Å²) < 4.78 is 7.48. The monoisotopic (exact) mass is 580 g/mol. The number of hydrogen-bond donors (Lipinski definition) is 0. The number of unbranched alkanes of at least 4 members (excludes halogenated alkanes) is 8. The fourth-order valence-corrected chi connectivity index (χ4v) is 9.88. The van der Waals surface area contributed by atoms with Crippen LogP contribution in [0.15, 0.2) is 60.7 Å². The molecule has 0 aliphatic rings. The Bertz CT molecular complexity index is 689. The van der Waals surface area contributed by atoms with E-state index < -0.39 is 8.32 Å². The lowest BCUT2D eigenvalue weighted by Gasteiger charge is -2.43. The highest BCUT2D eigenvalue weighted by molar-refractivity contribution is 9.24. The standard InChI is InChI=1S/C28H42Br2OSi/c1-28(2,3)32(25-19-13-11-14-20-25,26-21-15-12-16-22-26)31-24-18-10-8-6-4-5-7-9-17-23-27(29)30/h11-16,19-22,27H,4-10,17-18,23-24H2,1-3H3. The lowest BCUT2D eigenvalue weighted by atomic mass is 10.1. The Balaban J connectivity index is 1.83. The van der Waals surface area contributed by atoms with Crippen LogP contribution in [0.2, 0.25) is 5.04 Å². The Hall–Kier alpha value is -0.423. The molecular weight excluding hydrogens is 540 g/mol. The molecule has 0 aromatic heterocycles. The predicted molar refractivity (Wildman–Crippen MR) is 151 cm³/mol. The van der Waals surface area contributed by atoms with Gasteiger partial charge in [-0.25, -0.2) is 0 Å². The lowest BCUT2D eigenvalue weighted by Crippen LogP contribution is -2.66. The van der Waals surface area contributed by atoms with E-state index in [9.17, 15) is 0 Å². The van der Waals surface area contributed by atoms with E-state index in [1.165, 1.54) is 68.2 Å². The minimum atomic E-state index is -2.36. The van der Waals surface area contributed by atoms with Gasteiger partial charge in [-0.2, -0.15) is 0 Å². The fourth-order valence-electron chi connectivity index (χ4n) is 4.62. The second-order valence-electron chi connectivity index (χ2n) is 9.87. The van der Waals surface area contributed by atoms with E-state index in [-0.39, 0.29) is 5.04 Å². The molecule has 0 amide bonds. The Morgan fingerprint density at radius 2 is 1.06 bits per heavy atom. The number of rotatable bonds is 15. The van der Waals surface area contributed by atoms with Crippen molar-refractivity contribution in [2.75, 3.05) is 6.61 Å². The normalized spacial score (nSPS) is 12.4. The molecule has 2 aromatic rings.